The summed E-state index contributed by atoms with van der Waals surface area (Å²) in [6, 6.07) is 7.39. The average molecular weight is 237 g/mol. The van der Waals surface area contributed by atoms with Gasteiger partial charge in [0, 0.05) is 6.04 Å². The molecule has 1 aromatic rings. The van der Waals surface area contributed by atoms with Crippen molar-refractivity contribution >= 4 is 0 Å². The van der Waals surface area contributed by atoms with Gasteiger partial charge in [-0.25, -0.2) is 4.39 Å². The van der Waals surface area contributed by atoms with Gasteiger partial charge in [-0.1, -0.05) is 26.0 Å². The predicted octanol–water partition coefficient (Wildman–Crippen LogP) is 3.78. The van der Waals surface area contributed by atoms with E-state index in [4.69, 9.17) is 0 Å². The fourth-order valence-corrected chi connectivity index (χ4v) is 1.84. The van der Waals surface area contributed by atoms with E-state index >= 15 is 0 Å². The Labute approximate surface area is 104 Å². The van der Waals surface area contributed by atoms with Crippen LogP contribution in [0.25, 0.3) is 0 Å². The number of halogens is 1. The lowest BCUT2D eigenvalue weighted by Gasteiger charge is -2.14. The molecule has 0 radical (unpaired) electrons. The Kier molecular flexibility index (Phi) is 6.20. The third-order valence-electron chi connectivity index (χ3n) is 2.97. The Morgan fingerprint density at radius 2 is 1.94 bits per heavy atom. The molecule has 96 valence electrons. The lowest BCUT2D eigenvalue weighted by molar-refractivity contribution is 0.453. The minimum Gasteiger partial charge on any atom is -0.314 e. The van der Waals surface area contributed by atoms with Gasteiger partial charge in [-0.2, -0.15) is 0 Å². The zero-order valence-corrected chi connectivity index (χ0v) is 11.2. The van der Waals surface area contributed by atoms with E-state index in [-0.39, 0.29) is 5.82 Å². The largest absolute Gasteiger partial charge is 0.314 e. The normalized spacial score (nSPS) is 13.0. The summed E-state index contributed by atoms with van der Waals surface area (Å²) < 4.78 is 12.9. The van der Waals surface area contributed by atoms with Gasteiger partial charge in [-0.3, -0.25) is 0 Å². The second-order valence-electron chi connectivity index (χ2n) is 5.21. The molecule has 1 atom stereocenters. The van der Waals surface area contributed by atoms with Crippen LogP contribution in [0.5, 0.6) is 0 Å². The Balaban J connectivity index is 2.19. The van der Waals surface area contributed by atoms with E-state index in [2.05, 4.69) is 26.1 Å². The monoisotopic (exact) mass is 237 g/mol. The summed E-state index contributed by atoms with van der Waals surface area (Å²) in [7, 11) is 0. The van der Waals surface area contributed by atoms with Crippen molar-refractivity contribution < 1.29 is 4.39 Å². The molecule has 1 N–H and O–H groups in total. The third kappa shape index (κ3) is 6.42. The Morgan fingerprint density at radius 3 is 2.59 bits per heavy atom. The maximum Gasteiger partial charge on any atom is 0.123 e. The summed E-state index contributed by atoms with van der Waals surface area (Å²) in [6.45, 7) is 7.63. The van der Waals surface area contributed by atoms with Gasteiger partial charge in [0.05, 0.1) is 0 Å². The summed E-state index contributed by atoms with van der Waals surface area (Å²) >= 11 is 0. The topological polar surface area (TPSA) is 12.0 Å². The molecule has 0 aromatic heterocycles. The molecule has 0 aliphatic heterocycles. The van der Waals surface area contributed by atoms with E-state index in [1.165, 1.54) is 18.9 Å². The first-order chi connectivity index (χ1) is 8.08. The van der Waals surface area contributed by atoms with Gasteiger partial charge < -0.3 is 5.32 Å². The van der Waals surface area contributed by atoms with Crippen LogP contribution in [0.1, 0.15) is 39.2 Å². The van der Waals surface area contributed by atoms with Crippen LogP contribution in [0.4, 0.5) is 4.39 Å². The van der Waals surface area contributed by atoms with Crippen molar-refractivity contribution in [3.8, 4) is 0 Å². The van der Waals surface area contributed by atoms with Crippen LogP contribution >= 0.6 is 0 Å². The molecule has 1 aromatic carbocycles. The Hall–Kier alpha value is -0.890. The molecule has 0 aliphatic carbocycles. The molecular formula is C15H24FN. The summed E-state index contributed by atoms with van der Waals surface area (Å²) in [5.41, 5.74) is 1.06. The molecule has 2 heteroatoms. The number of benzene rings is 1. The van der Waals surface area contributed by atoms with Crippen LogP contribution in [0.15, 0.2) is 24.3 Å². The van der Waals surface area contributed by atoms with Crippen molar-refractivity contribution in [1.82, 2.24) is 5.32 Å². The van der Waals surface area contributed by atoms with E-state index in [0.29, 0.717) is 6.04 Å². The lowest BCUT2D eigenvalue weighted by Crippen LogP contribution is -2.28. The summed E-state index contributed by atoms with van der Waals surface area (Å²) in [4.78, 5) is 0. The van der Waals surface area contributed by atoms with Gasteiger partial charge in [0.1, 0.15) is 5.82 Å². The fraction of sp³-hybridized carbons (Fsp3) is 0.600. The van der Waals surface area contributed by atoms with Crippen LogP contribution in [-0.4, -0.2) is 12.6 Å². The van der Waals surface area contributed by atoms with Crippen molar-refractivity contribution in [2.45, 2.75) is 46.1 Å². The first-order valence-electron chi connectivity index (χ1n) is 6.55. The summed E-state index contributed by atoms with van der Waals surface area (Å²) in [5, 5.41) is 3.48. The van der Waals surface area contributed by atoms with Crippen LogP contribution < -0.4 is 5.32 Å². The molecule has 0 aliphatic rings. The van der Waals surface area contributed by atoms with E-state index < -0.39 is 0 Å². The number of nitrogens with one attached hydrogen (secondary N) is 1. The lowest BCUT2D eigenvalue weighted by atomic mass is 10.0. The molecule has 0 saturated carbocycles. The Bertz CT molecular complexity index is 322. The highest BCUT2D eigenvalue weighted by atomic mass is 19.1. The van der Waals surface area contributed by atoms with Crippen LogP contribution in [0.2, 0.25) is 0 Å². The first-order valence-corrected chi connectivity index (χ1v) is 6.55. The second kappa shape index (κ2) is 7.44. The highest BCUT2D eigenvalue weighted by Gasteiger charge is 2.03. The van der Waals surface area contributed by atoms with Crippen molar-refractivity contribution in [1.29, 1.82) is 0 Å². The maximum atomic E-state index is 12.9. The van der Waals surface area contributed by atoms with Gasteiger partial charge in [0.15, 0.2) is 0 Å². The van der Waals surface area contributed by atoms with E-state index in [1.807, 2.05) is 6.07 Å². The molecule has 0 spiro atoms. The molecular weight excluding hydrogens is 213 g/mol. The van der Waals surface area contributed by atoms with Crippen LogP contribution in [0.3, 0.4) is 0 Å². The van der Waals surface area contributed by atoms with E-state index in [9.17, 15) is 4.39 Å². The number of hydrogen-bond acceptors (Lipinski definition) is 1. The van der Waals surface area contributed by atoms with Gasteiger partial charge in [-0.15, -0.1) is 0 Å². The highest BCUT2D eigenvalue weighted by molar-refractivity contribution is 5.16. The molecule has 1 nitrogen and oxygen atoms in total. The molecule has 0 amide bonds. The third-order valence-corrected chi connectivity index (χ3v) is 2.97. The van der Waals surface area contributed by atoms with Crippen LogP contribution in [0, 0.1) is 11.7 Å². The molecule has 0 bridgehead atoms. The van der Waals surface area contributed by atoms with Gasteiger partial charge in [-0.05, 0) is 56.3 Å². The second-order valence-corrected chi connectivity index (χ2v) is 5.21. The van der Waals surface area contributed by atoms with Gasteiger partial charge in [0.25, 0.3) is 0 Å². The SMILES string of the molecule is CC(C)CCC(C)NCCc1cccc(F)c1. The number of hydrogen-bond donors (Lipinski definition) is 1. The smallest absolute Gasteiger partial charge is 0.123 e. The predicted molar refractivity (Wildman–Crippen MR) is 71.6 cm³/mol. The standard InChI is InChI=1S/C15H24FN/c1-12(2)7-8-13(3)17-10-9-14-5-4-6-15(16)11-14/h4-6,11-13,17H,7-10H2,1-3H3. The molecule has 0 fully saturated rings. The molecule has 0 saturated heterocycles. The van der Waals surface area contributed by atoms with Crippen LogP contribution in [-0.2, 0) is 6.42 Å². The summed E-state index contributed by atoms with van der Waals surface area (Å²) in [5.74, 6) is 0.623. The Morgan fingerprint density at radius 1 is 1.18 bits per heavy atom. The van der Waals surface area contributed by atoms with Gasteiger partial charge >= 0.3 is 0 Å². The van der Waals surface area contributed by atoms with E-state index in [0.717, 1.165) is 24.4 Å². The highest BCUT2D eigenvalue weighted by Crippen LogP contribution is 2.07. The van der Waals surface area contributed by atoms with Crippen molar-refractivity contribution in [2.24, 2.45) is 5.92 Å². The minimum atomic E-state index is -0.143. The molecule has 17 heavy (non-hydrogen) atoms. The van der Waals surface area contributed by atoms with Crippen molar-refractivity contribution in [3.05, 3.63) is 35.6 Å². The number of rotatable bonds is 7. The molecule has 1 rings (SSSR count). The van der Waals surface area contributed by atoms with Gasteiger partial charge in [0.2, 0.25) is 0 Å². The van der Waals surface area contributed by atoms with Crippen molar-refractivity contribution in [3.63, 3.8) is 0 Å². The molecule has 0 heterocycles. The maximum absolute atomic E-state index is 12.9. The zero-order chi connectivity index (χ0) is 12.7. The average Bonchev–Trinajstić information content (AvgIpc) is 2.26. The zero-order valence-electron chi connectivity index (χ0n) is 11.2. The first kappa shape index (κ1) is 14.2. The minimum absolute atomic E-state index is 0.143. The van der Waals surface area contributed by atoms with Crippen molar-refractivity contribution in [2.75, 3.05) is 6.54 Å². The van der Waals surface area contributed by atoms with E-state index in [1.54, 1.807) is 12.1 Å². The quantitative estimate of drug-likeness (QED) is 0.761. The summed E-state index contributed by atoms with van der Waals surface area (Å²) in [6.07, 6.45) is 3.36. The molecule has 1 unspecified atom stereocenters. The fourth-order valence-electron chi connectivity index (χ4n) is 1.84.